The highest BCUT2D eigenvalue weighted by Gasteiger charge is 2.71. The predicted molar refractivity (Wildman–Crippen MR) is 79.7 cm³/mol. The van der Waals surface area contributed by atoms with E-state index in [0.29, 0.717) is 5.92 Å². The van der Waals surface area contributed by atoms with Crippen molar-refractivity contribution in [1.82, 2.24) is 4.90 Å². The average Bonchev–Trinajstić information content (AvgIpc) is 2.94. The second-order valence-corrected chi connectivity index (χ2v) is 7.49. The van der Waals surface area contributed by atoms with Crippen molar-refractivity contribution in [2.45, 2.75) is 44.8 Å². The van der Waals surface area contributed by atoms with Gasteiger partial charge in [-0.1, -0.05) is 13.8 Å². The molecular weight excluding hydrogens is 268 g/mol. The van der Waals surface area contributed by atoms with Crippen LogP contribution in [0.3, 0.4) is 0 Å². The smallest absolute Gasteiger partial charge is 0.243 e. The Bertz CT molecular complexity index is 424. The Morgan fingerprint density at radius 2 is 2.19 bits per heavy atom. The zero-order chi connectivity index (χ0) is 15.3. The Morgan fingerprint density at radius 3 is 2.90 bits per heavy atom. The maximum atomic E-state index is 13.1. The van der Waals surface area contributed by atoms with E-state index in [0.717, 1.165) is 45.6 Å². The number of nitrogens with zero attached hydrogens (tertiary/aromatic N) is 1. The van der Waals surface area contributed by atoms with Crippen LogP contribution in [0.4, 0.5) is 0 Å². The van der Waals surface area contributed by atoms with Crippen molar-refractivity contribution in [1.29, 1.82) is 0 Å². The van der Waals surface area contributed by atoms with Gasteiger partial charge in [0.1, 0.15) is 5.54 Å². The molecule has 4 atom stereocenters. The molecular formula is C16H28N2O3. The summed E-state index contributed by atoms with van der Waals surface area (Å²) in [6.45, 7) is 7.21. The molecule has 1 aliphatic carbocycles. The van der Waals surface area contributed by atoms with Gasteiger partial charge in [-0.25, -0.2) is 0 Å². The molecule has 5 heteroatoms. The Balaban J connectivity index is 1.75. The number of likely N-dealkylation sites (tertiary alicyclic amines) is 1. The van der Waals surface area contributed by atoms with E-state index < -0.39 is 5.54 Å². The number of fused-ring (bicyclic) bond motifs is 1. The summed E-state index contributed by atoms with van der Waals surface area (Å²) < 4.78 is 11.0. The van der Waals surface area contributed by atoms with Gasteiger partial charge in [0.25, 0.3) is 0 Å². The first kappa shape index (κ1) is 15.3. The van der Waals surface area contributed by atoms with Crippen molar-refractivity contribution >= 4 is 5.91 Å². The first-order valence-corrected chi connectivity index (χ1v) is 8.11. The first-order chi connectivity index (χ1) is 9.92. The molecule has 4 unspecified atom stereocenters. The number of carbonyl (C=O) groups excluding carboxylic acids is 1. The summed E-state index contributed by atoms with van der Waals surface area (Å²) in [5.74, 6) is 0.748. The van der Waals surface area contributed by atoms with Crippen LogP contribution in [0.1, 0.15) is 33.1 Å². The number of nitrogens with two attached hydrogens (primary N) is 1. The van der Waals surface area contributed by atoms with Gasteiger partial charge in [0.05, 0.1) is 12.7 Å². The zero-order valence-electron chi connectivity index (χ0n) is 13.4. The maximum Gasteiger partial charge on any atom is 0.243 e. The Hall–Kier alpha value is -0.650. The van der Waals surface area contributed by atoms with Crippen molar-refractivity contribution in [3.8, 4) is 0 Å². The minimum Gasteiger partial charge on any atom is -0.384 e. The lowest BCUT2D eigenvalue weighted by atomic mass is 9.47. The van der Waals surface area contributed by atoms with Crippen LogP contribution in [-0.2, 0) is 14.3 Å². The third-order valence-corrected chi connectivity index (χ3v) is 6.02. The molecule has 3 fully saturated rings. The molecule has 1 amide bonds. The summed E-state index contributed by atoms with van der Waals surface area (Å²) in [6, 6.07) is 0. The SMILES string of the molecule is COCC1CCCN(C(=O)C2(N)C3CCOC3C2(C)C)C1. The van der Waals surface area contributed by atoms with E-state index in [1.807, 2.05) is 4.90 Å². The van der Waals surface area contributed by atoms with Crippen molar-refractivity contribution < 1.29 is 14.3 Å². The monoisotopic (exact) mass is 296 g/mol. The summed E-state index contributed by atoms with van der Waals surface area (Å²) in [4.78, 5) is 15.1. The molecule has 120 valence electrons. The number of rotatable bonds is 3. The second-order valence-electron chi connectivity index (χ2n) is 7.49. The van der Waals surface area contributed by atoms with Gasteiger partial charge in [0, 0.05) is 38.1 Å². The number of amides is 1. The third kappa shape index (κ3) is 2.05. The molecule has 5 nitrogen and oxygen atoms in total. The van der Waals surface area contributed by atoms with E-state index in [1.165, 1.54) is 0 Å². The highest BCUT2D eigenvalue weighted by molar-refractivity contribution is 5.89. The number of piperidine rings is 1. The molecule has 21 heavy (non-hydrogen) atoms. The van der Waals surface area contributed by atoms with E-state index in [9.17, 15) is 4.79 Å². The molecule has 2 heterocycles. The van der Waals surface area contributed by atoms with Crippen LogP contribution in [0.5, 0.6) is 0 Å². The molecule has 2 saturated heterocycles. The fraction of sp³-hybridized carbons (Fsp3) is 0.938. The van der Waals surface area contributed by atoms with Gasteiger partial charge in [0.2, 0.25) is 5.91 Å². The Kier molecular flexibility index (Phi) is 3.79. The fourth-order valence-corrected chi connectivity index (χ4v) is 4.70. The van der Waals surface area contributed by atoms with Crippen molar-refractivity contribution in [3.63, 3.8) is 0 Å². The number of hydrogen-bond donors (Lipinski definition) is 1. The average molecular weight is 296 g/mol. The van der Waals surface area contributed by atoms with Gasteiger partial charge < -0.3 is 20.1 Å². The molecule has 2 N–H and O–H groups in total. The molecule has 2 aliphatic heterocycles. The van der Waals surface area contributed by atoms with Gasteiger partial charge in [0.15, 0.2) is 0 Å². The Labute approximate surface area is 127 Å². The van der Waals surface area contributed by atoms with Gasteiger partial charge >= 0.3 is 0 Å². The van der Waals surface area contributed by atoms with Crippen molar-refractivity contribution in [2.75, 3.05) is 33.4 Å². The summed E-state index contributed by atoms with van der Waals surface area (Å²) in [6.07, 6.45) is 3.23. The minimum atomic E-state index is -0.761. The normalized spacial score (nSPS) is 41.5. The largest absolute Gasteiger partial charge is 0.384 e. The topological polar surface area (TPSA) is 64.8 Å². The second kappa shape index (κ2) is 5.21. The highest BCUT2D eigenvalue weighted by Crippen LogP contribution is 2.58. The number of ether oxygens (including phenoxy) is 2. The summed E-state index contributed by atoms with van der Waals surface area (Å²) in [5, 5.41) is 0. The van der Waals surface area contributed by atoms with Crippen LogP contribution >= 0.6 is 0 Å². The van der Waals surface area contributed by atoms with Crippen LogP contribution in [0.2, 0.25) is 0 Å². The summed E-state index contributed by atoms with van der Waals surface area (Å²) in [7, 11) is 1.72. The summed E-state index contributed by atoms with van der Waals surface area (Å²) in [5.41, 5.74) is 5.62. The number of hydrogen-bond acceptors (Lipinski definition) is 4. The predicted octanol–water partition coefficient (Wildman–Crippen LogP) is 1.01. The standard InChI is InChI=1S/C16H28N2O3/c1-15(2)13-12(6-8-21-13)16(15,17)14(19)18-7-4-5-11(9-18)10-20-3/h11-13H,4-10,17H2,1-3H3. The van der Waals surface area contributed by atoms with Crippen molar-refractivity contribution in [2.24, 2.45) is 23.0 Å². The molecule has 0 aromatic rings. The van der Waals surface area contributed by atoms with Gasteiger partial charge in [-0.05, 0) is 25.2 Å². The van der Waals surface area contributed by atoms with E-state index in [2.05, 4.69) is 13.8 Å². The molecule has 3 aliphatic rings. The van der Waals surface area contributed by atoms with Gasteiger partial charge in [-0.3, -0.25) is 4.79 Å². The van der Waals surface area contributed by atoms with Gasteiger partial charge in [-0.15, -0.1) is 0 Å². The van der Waals surface area contributed by atoms with E-state index >= 15 is 0 Å². The number of methoxy groups -OCH3 is 1. The maximum absolute atomic E-state index is 13.1. The quantitative estimate of drug-likeness (QED) is 0.844. The zero-order valence-corrected chi connectivity index (χ0v) is 13.4. The Morgan fingerprint density at radius 1 is 1.43 bits per heavy atom. The lowest BCUT2D eigenvalue weighted by Crippen LogP contribution is -2.80. The van der Waals surface area contributed by atoms with Crippen molar-refractivity contribution in [3.05, 3.63) is 0 Å². The number of carbonyl (C=O) groups is 1. The van der Waals surface area contributed by atoms with Crippen LogP contribution in [0.25, 0.3) is 0 Å². The van der Waals surface area contributed by atoms with Crippen LogP contribution in [0.15, 0.2) is 0 Å². The van der Waals surface area contributed by atoms with Crippen LogP contribution < -0.4 is 5.73 Å². The molecule has 0 radical (unpaired) electrons. The van der Waals surface area contributed by atoms with Crippen LogP contribution in [-0.4, -0.2) is 55.9 Å². The van der Waals surface area contributed by atoms with E-state index in [1.54, 1.807) is 7.11 Å². The fourth-order valence-electron chi connectivity index (χ4n) is 4.70. The van der Waals surface area contributed by atoms with Gasteiger partial charge in [-0.2, -0.15) is 0 Å². The van der Waals surface area contributed by atoms with Crippen LogP contribution in [0, 0.1) is 17.3 Å². The molecule has 0 aromatic heterocycles. The molecule has 0 spiro atoms. The first-order valence-electron chi connectivity index (χ1n) is 8.11. The third-order valence-electron chi connectivity index (χ3n) is 6.02. The highest BCUT2D eigenvalue weighted by atomic mass is 16.5. The van der Waals surface area contributed by atoms with E-state index in [-0.39, 0.29) is 23.3 Å². The lowest BCUT2D eigenvalue weighted by molar-refractivity contribution is -0.185. The molecule has 0 aromatic carbocycles. The summed E-state index contributed by atoms with van der Waals surface area (Å²) >= 11 is 0. The molecule has 0 bridgehead atoms. The minimum absolute atomic E-state index is 0.125. The molecule has 3 rings (SSSR count). The molecule has 1 saturated carbocycles. The lowest BCUT2D eigenvalue weighted by Gasteiger charge is -2.62. The van der Waals surface area contributed by atoms with E-state index in [4.69, 9.17) is 15.2 Å².